The molecule has 6 nitrogen and oxygen atoms in total. The van der Waals surface area contributed by atoms with Gasteiger partial charge in [-0.15, -0.1) is 0 Å². The summed E-state index contributed by atoms with van der Waals surface area (Å²) < 4.78 is 10.5. The smallest absolute Gasteiger partial charge is 0.254 e. The number of nitrogens with zero attached hydrogens (tertiary/aromatic N) is 2. The Kier molecular flexibility index (Phi) is 5.64. The fourth-order valence-corrected chi connectivity index (χ4v) is 3.21. The average Bonchev–Trinajstić information content (AvgIpc) is 2.72. The molecule has 27 heavy (non-hydrogen) atoms. The number of ether oxygens (including phenoxy) is 2. The first kappa shape index (κ1) is 18.8. The van der Waals surface area contributed by atoms with E-state index in [0.29, 0.717) is 43.2 Å². The van der Waals surface area contributed by atoms with Crippen LogP contribution in [-0.2, 0) is 0 Å². The highest BCUT2D eigenvalue weighted by atomic mass is 16.5. The Morgan fingerprint density at radius 2 is 1.33 bits per heavy atom. The van der Waals surface area contributed by atoms with E-state index in [9.17, 15) is 9.59 Å². The van der Waals surface area contributed by atoms with Crippen molar-refractivity contribution in [2.24, 2.45) is 0 Å². The zero-order valence-electron chi connectivity index (χ0n) is 15.9. The van der Waals surface area contributed by atoms with Gasteiger partial charge < -0.3 is 19.3 Å². The number of aryl methyl sites for hydroxylation is 1. The maximum atomic E-state index is 12.8. The van der Waals surface area contributed by atoms with Crippen molar-refractivity contribution in [3.8, 4) is 11.5 Å². The molecule has 2 aromatic rings. The lowest BCUT2D eigenvalue weighted by Gasteiger charge is -2.35. The Labute approximate surface area is 159 Å². The van der Waals surface area contributed by atoms with E-state index in [2.05, 4.69) is 0 Å². The highest BCUT2D eigenvalue weighted by Crippen LogP contribution is 2.24. The number of carbonyl (C=O) groups is 2. The number of amides is 2. The Morgan fingerprint density at radius 3 is 1.85 bits per heavy atom. The maximum absolute atomic E-state index is 12.8. The van der Waals surface area contributed by atoms with Gasteiger partial charge in [-0.3, -0.25) is 9.59 Å². The minimum absolute atomic E-state index is 0.0169. The number of benzene rings is 2. The van der Waals surface area contributed by atoms with E-state index >= 15 is 0 Å². The Bertz CT molecular complexity index is 820. The van der Waals surface area contributed by atoms with Gasteiger partial charge in [-0.1, -0.05) is 18.2 Å². The van der Waals surface area contributed by atoms with Gasteiger partial charge in [0, 0.05) is 43.4 Å². The van der Waals surface area contributed by atoms with E-state index in [-0.39, 0.29) is 11.8 Å². The number of hydrogen-bond donors (Lipinski definition) is 0. The third-order valence-corrected chi connectivity index (χ3v) is 4.83. The van der Waals surface area contributed by atoms with Crippen LogP contribution in [0.4, 0.5) is 0 Å². The molecule has 0 aliphatic carbocycles. The van der Waals surface area contributed by atoms with Crippen molar-refractivity contribution in [2.75, 3.05) is 40.4 Å². The molecule has 0 atom stereocenters. The number of rotatable bonds is 4. The quantitative estimate of drug-likeness (QED) is 0.832. The third-order valence-electron chi connectivity index (χ3n) is 4.83. The SMILES string of the molecule is COc1cc(OC)cc(C(=O)N2CCN(C(=O)c3ccccc3C)CC2)c1. The third kappa shape index (κ3) is 4.05. The van der Waals surface area contributed by atoms with Gasteiger partial charge in [0.2, 0.25) is 0 Å². The summed E-state index contributed by atoms with van der Waals surface area (Å²) in [6.45, 7) is 3.95. The van der Waals surface area contributed by atoms with E-state index in [4.69, 9.17) is 9.47 Å². The van der Waals surface area contributed by atoms with Gasteiger partial charge in [-0.05, 0) is 30.7 Å². The number of carbonyl (C=O) groups excluding carboxylic acids is 2. The minimum Gasteiger partial charge on any atom is -0.497 e. The van der Waals surface area contributed by atoms with E-state index in [1.165, 1.54) is 0 Å². The second-order valence-corrected chi connectivity index (χ2v) is 6.50. The zero-order valence-corrected chi connectivity index (χ0v) is 15.9. The largest absolute Gasteiger partial charge is 0.497 e. The van der Waals surface area contributed by atoms with Crippen molar-refractivity contribution < 1.29 is 19.1 Å². The number of hydrogen-bond acceptors (Lipinski definition) is 4. The molecule has 1 aliphatic heterocycles. The van der Waals surface area contributed by atoms with Gasteiger partial charge in [0.05, 0.1) is 14.2 Å². The molecule has 1 heterocycles. The summed E-state index contributed by atoms with van der Waals surface area (Å²) in [5.74, 6) is 1.08. The predicted octanol–water partition coefficient (Wildman–Crippen LogP) is 2.61. The van der Waals surface area contributed by atoms with E-state index in [0.717, 1.165) is 11.1 Å². The second-order valence-electron chi connectivity index (χ2n) is 6.50. The Morgan fingerprint density at radius 1 is 0.815 bits per heavy atom. The van der Waals surface area contributed by atoms with Crippen LogP contribution in [0.3, 0.4) is 0 Å². The van der Waals surface area contributed by atoms with Crippen LogP contribution in [0.25, 0.3) is 0 Å². The lowest BCUT2D eigenvalue weighted by molar-refractivity contribution is 0.0534. The predicted molar refractivity (Wildman–Crippen MR) is 103 cm³/mol. The van der Waals surface area contributed by atoms with E-state index in [1.807, 2.05) is 31.2 Å². The molecule has 0 bridgehead atoms. The molecule has 0 radical (unpaired) electrons. The van der Waals surface area contributed by atoms with Crippen molar-refractivity contribution in [3.63, 3.8) is 0 Å². The summed E-state index contributed by atoms with van der Waals surface area (Å²) in [5, 5.41) is 0. The van der Waals surface area contributed by atoms with Crippen molar-refractivity contribution in [1.82, 2.24) is 9.80 Å². The lowest BCUT2D eigenvalue weighted by atomic mass is 10.1. The molecule has 0 unspecified atom stereocenters. The molecule has 1 saturated heterocycles. The second kappa shape index (κ2) is 8.12. The Hall–Kier alpha value is -3.02. The molecule has 2 aromatic carbocycles. The van der Waals surface area contributed by atoms with Crippen molar-refractivity contribution in [1.29, 1.82) is 0 Å². The van der Waals surface area contributed by atoms with Crippen LogP contribution in [0, 0.1) is 6.92 Å². The highest BCUT2D eigenvalue weighted by Gasteiger charge is 2.26. The highest BCUT2D eigenvalue weighted by molar-refractivity contribution is 5.97. The van der Waals surface area contributed by atoms with E-state index < -0.39 is 0 Å². The van der Waals surface area contributed by atoms with Gasteiger partial charge in [0.1, 0.15) is 11.5 Å². The summed E-state index contributed by atoms with van der Waals surface area (Å²) in [7, 11) is 3.11. The first-order chi connectivity index (χ1) is 13.0. The molecule has 6 heteroatoms. The van der Waals surface area contributed by atoms with Gasteiger partial charge >= 0.3 is 0 Å². The number of methoxy groups -OCH3 is 2. The molecule has 142 valence electrons. The van der Waals surface area contributed by atoms with E-state index in [1.54, 1.807) is 42.2 Å². The molecular weight excluding hydrogens is 344 g/mol. The molecule has 0 aromatic heterocycles. The van der Waals surface area contributed by atoms with Crippen molar-refractivity contribution in [2.45, 2.75) is 6.92 Å². The molecular formula is C21H24N2O4. The van der Waals surface area contributed by atoms with Crippen LogP contribution in [-0.4, -0.2) is 62.0 Å². The molecule has 0 saturated carbocycles. The first-order valence-corrected chi connectivity index (χ1v) is 8.90. The van der Waals surface area contributed by atoms with Gasteiger partial charge in [-0.2, -0.15) is 0 Å². The summed E-state index contributed by atoms with van der Waals surface area (Å²) in [6.07, 6.45) is 0. The summed E-state index contributed by atoms with van der Waals surface area (Å²) >= 11 is 0. The van der Waals surface area contributed by atoms with Crippen LogP contribution in [0.5, 0.6) is 11.5 Å². The lowest BCUT2D eigenvalue weighted by Crippen LogP contribution is -2.50. The molecule has 1 fully saturated rings. The molecule has 3 rings (SSSR count). The number of piperazine rings is 1. The van der Waals surface area contributed by atoms with Gasteiger partial charge in [0.25, 0.3) is 11.8 Å². The van der Waals surface area contributed by atoms with Crippen LogP contribution in [0.1, 0.15) is 26.3 Å². The topological polar surface area (TPSA) is 59.1 Å². The van der Waals surface area contributed by atoms with Crippen LogP contribution >= 0.6 is 0 Å². The fourth-order valence-electron chi connectivity index (χ4n) is 3.21. The van der Waals surface area contributed by atoms with Gasteiger partial charge in [0.15, 0.2) is 0 Å². The summed E-state index contributed by atoms with van der Waals surface area (Å²) in [5.41, 5.74) is 2.20. The summed E-state index contributed by atoms with van der Waals surface area (Å²) in [4.78, 5) is 29.1. The normalized spacial score (nSPS) is 14.0. The summed E-state index contributed by atoms with van der Waals surface area (Å²) in [6, 6.07) is 12.7. The molecule has 0 spiro atoms. The minimum atomic E-state index is -0.0878. The van der Waals surface area contributed by atoms with Crippen LogP contribution in [0.2, 0.25) is 0 Å². The average molecular weight is 368 g/mol. The fraction of sp³-hybridized carbons (Fsp3) is 0.333. The van der Waals surface area contributed by atoms with Crippen LogP contribution in [0.15, 0.2) is 42.5 Å². The van der Waals surface area contributed by atoms with Crippen molar-refractivity contribution in [3.05, 3.63) is 59.2 Å². The first-order valence-electron chi connectivity index (χ1n) is 8.90. The Balaban J connectivity index is 1.68. The molecule has 0 N–H and O–H groups in total. The molecule has 1 aliphatic rings. The van der Waals surface area contributed by atoms with Crippen molar-refractivity contribution >= 4 is 11.8 Å². The molecule has 2 amide bonds. The maximum Gasteiger partial charge on any atom is 0.254 e. The van der Waals surface area contributed by atoms with Crippen LogP contribution < -0.4 is 9.47 Å². The standard InChI is InChI=1S/C21H24N2O4/c1-15-6-4-5-7-19(15)21(25)23-10-8-22(9-11-23)20(24)16-12-17(26-2)14-18(13-16)27-3/h4-7,12-14H,8-11H2,1-3H3. The monoisotopic (exact) mass is 368 g/mol. The zero-order chi connectivity index (χ0) is 19.4. The van der Waals surface area contributed by atoms with Gasteiger partial charge in [-0.25, -0.2) is 0 Å².